The molecule has 0 saturated carbocycles. The van der Waals surface area contributed by atoms with Crippen LogP contribution in [-0.2, 0) is 9.53 Å². The summed E-state index contributed by atoms with van der Waals surface area (Å²) in [5.74, 6) is 1.29. The van der Waals surface area contributed by atoms with E-state index in [1.807, 2.05) is 55.5 Å². The lowest BCUT2D eigenvalue weighted by Gasteiger charge is -2.12. The molecule has 0 aliphatic heterocycles. The minimum Gasteiger partial charge on any atom is -0.493 e. The van der Waals surface area contributed by atoms with Crippen LogP contribution in [0.1, 0.15) is 26.7 Å². The molecule has 7 heteroatoms. The van der Waals surface area contributed by atoms with E-state index in [1.54, 1.807) is 13.0 Å². The summed E-state index contributed by atoms with van der Waals surface area (Å²) < 4.78 is 24.7. The number of nitrogens with zero attached hydrogens (tertiary/aromatic N) is 2. The normalized spacial score (nSPS) is 10.8. The molecule has 0 spiro atoms. The first-order valence-electron chi connectivity index (χ1n) is 11.8. The highest BCUT2D eigenvalue weighted by Gasteiger charge is 2.12. The number of rotatable bonds is 10. The minimum absolute atomic E-state index is 0.237. The maximum absolute atomic E-state index is 14.0. The number of benzene rings is 3. The topological polar surface area (TPSA) is 73.3 Å². The maximum Gasteiger partial charge on any atom is 0.305 e. The van der Waals surface area contributed by atoms with Crippen LogP contribution in [0.5, 0.6) is 5.75 Å². The largest absolute Gasteiger partial charge is 0.493 e. The van der Waals surface area contributed by atoms with Gasteiger partial charge in [0.2, 0.25) is 0 Å². The third-order valence-electron chi connectivity index (χ3n) is 5.45. The molecule has 0 radical (unpaired) electrons. The fourth-order valence-electron chi connectivity index (χ4n) is 3.82. The van der Waals surface area contributed by atoms with Gasteiger partial charge in [-0.15, -0.1) is 0 Å². The molecule has 0 fully saturated rings. The number of nitrogens with one attached hydrogen (secondary N) is 1. The standard InChI is InChI=1S/C28H28FN3O3/c1-3-34-25-9-6-5-8-22(25)19-11-13-20(14-12-19)27-31-24-16-15-21(29)18-23(24)28(32-27)30-17-7-10-26(33)35-4-2/h5-6,8-9,11-16,18H,3-4,7,10,17H2,1-2H3,(H,30,31,32). The Balaban J connectivity index is 1.60. The third-order valence-corrected chi connectivity index (χ3v) is 5.45. The Labute approximate surface area is 204 Å². The number of hydrogen-bond donors (Lipinski definition) is 1. The van der Waals surface area contributed by atoms with E-state index in [9.17, 15) is 9.18 Å². The first-order chi connectivity index (χ1) is 17.1. The van der Waals surface area contributed by atoms with Crippen molar-refractivity contribution < 1.29 is 18.7 Å². The SMILES string of the molecule is CCOC(=O)CCCNc1nc(-c2ccc(-c3ccccc3OCC)cc2)nc2ccc(F)cc12. The fraction of sp³-hybridized carbons (Fsp3) is 0.250. The monoisotopic (exact) mass is 473 g/mol. The molecular formula is C28H28FN3O3. The molecule has 4 aromatic rings. The average molecular weight is 474 g/mol. The van der Waals surface area contributed by atoms with E-state index >= 15 is 0 Å². The summed E-state index contributed by atoms with van der Waals surface area (Å²) in [7, 11) is 0. The lowest BCUT2D eigenvalue weighted by Crippen LogP contribution is -2.10. The highest BCUT2D eigenvalue weighted by Crippen LogP contribution is 2.32. The Morgan fingerprint density at radius 3 is 2.49 bits per heavy atom. The molecule has 0 amide bonds. The van der Waals surface area contributed by atoms with E-state index < -0.39 is 0 Å². The fourth-order valence-corrected chi connectivity index (χ4v) is 3.82. The van der Waals surface area contributed by atoms with Crippen molar-refractivity contribution in [1.29, 1.82) is 0 Å². The van der Waals surface area contributed by atoms with Crippen molar-refractivity contribution in [2.45, 2.75) is 26.7 Å². The van der Waals surface area contributed by atoms with Gasteiger partial charge in [0.1, 0.15) is 17.4 Å². The van der Waals surface area contributed by atoms with Crippen LogP contribution in [0.3, 0.4) is 0 Å². The Bertz CT molecular complexity index is 1310. The highest BCUT2D eigenvalue weighted by atomic mass is 19.1. The molecule has 1 aromatic heterocycles. The van der Waals surface area contributed by atoms with Gasteiger partial charge in [0.25, 0.3) is 0 Å². The van der Waals surface area contributed by atoms with Gasteiger partial charge in [-0.05, 0) is 50.1 Å². The molecule has 0 saturated heterocycles. The van der Waals surface area contributed by atoms with Crippen LogP contribution in [0.4, 0.5) is 10.2 Å². The van der Waals surface area contributed by atoms with Crippen molar-refractivity contribution in [1.82, 2.24) is 9.97 Å². The number of ether oxygens (including phenoxy) is 2. The third kappa shape index (κ3) is 5.93. The number of carbonyl (C=O) groups excluding carboxylic acids is 1. The van der Waals surface area contributed by atoms with Gasteiger partial charge < -0.3 is 14.8 Å². The van der Waals surface area contributed by atoms with Crippen molar-refractivity contribution in [3.8, 4) is 28.3 Å². The van der Waals surface area contributed by atoms with Gasteiger partial charge in [0.15, 0.2) is 5.82 Å². The van der Waals surface area contributed by atoms with Crippen molar-refractivity contribution in [2.75, 3.05) is 25.1 Å². The first-order valence-corrected chi connectivity index (χ1v) is 11.8. The average Bonchev–Trinajstić information content (AvgIpc) is 2.87. The Morgan fingerprint density at radius 2 is 1.71 bits per heavy atom. The van der Waals surface area contributed by atoms with E-state index in [0.29, 0.717) is 55.1 Å². The van der Waals surface area contributed by atoms with Crippen LogP contribution < -0.4 is 10.1 Å². The second kappa shape index (κ2) is 11.4. The molecule has 180 valence electrons. The molecule has 0 unspecified atom stereocenters. The Hall–Kier alpha value is -4.00. The number of anilines is 1. The Kier molecular flexibility index (Phi) is 7.88. The second-order valence-electron chi connectivity index (χ2n) is 7.90. The zero-order valence-corrected chi connectivity index (χ0v) is 19.9. The number of fused-ring (bicyclic) bond motifs is 1. The van der Waals surface area contributed by atoms with E-state index in [2.05, 4.69) is 15.3 Å². The van der Waals surface area contributed by atoms with Crippen molar-refractivity contribution in [3.05, 3.63) is 72.5 Å². The molecule has 1 heterocycles. The molecule has 35 heavy (non-hydrogen) atoms. The van der Waals surface area contributed by atoms with Crippen LogP contribution in [-0.4, -0.2) is 35.7 Å². The van der Waals surface area contributed by atoms with Gasteiger partial charge in [-0.2, -0.15) is 0 Å². The van der Waals surface area contributed by atoms with E-state index in [4.69, 9.17) is 9.47 Å². The summed E-state index contributed by atoms with van der Waals surface area (Å²) in [6.45, 7) is 5.19. The van der Waals surface area contributed by atoms with Gasteiger partial charge in [-0.1, -0.05) is 42.5 Å². The van der Waals surface area contributed by atoms with Gasteiger partial charge in [0, 0.05) is 29.5 Å². The zero-order valence-electron chi connectivity index (χ0n) is 19.9. The number of aromatic nitrogens is 2. The number of halogens is 1. The van der Waals surface area contributed by atoms with Crippen molar-refractivity contribution in [3.63, 3.8) is 0 Å². The summed E-state index contributed by atoms with van der Waals surface area (Å²) in [6, 6.07) is 20.3. The molecule has 1 N–H and O–H groups in total. The molecule has 4 rings (SSSR count). The van der Waals surface area contributed by atoms with Crippen LogP contribution >= 0.6 is 0 Å². The molecule has 3 aromatic carbocycles. The first kappa shape index (κ1) is 24.1. The molecule has 0 bridgehead atoms. The molecule has 0 aliphatic rings. The van der Waals surface area contributed by atoms with Gasteiger partial charge in [-0.25, -0.2) is 14.4 Å². The van der Waals surface area contributed by atoms with Gasteiger partial charge in [-0.3, -0.25) is 4.79 Å². The van der Waals surface area contributed by atoms with E-state index in [0.717, 1.165) is 22.4 Å². The highest BCUT2D eigenvalue weighted by molar-refractivity contribution is 5.90. The molecule has 0 aliphatic carbocycles. The Morgan fingerprint density at radius 1 is 0.943 bits per heavy atom. The van der Waals surface area contributed by atoms with Crippen LogP contribution in [0.2, 0.25) is 0 Å². The predicted molar refractivity (Wildman–Crippen MR) is 136 cm³/mol. The summed E-state index contributed by atoms with van der Waals surface area (Å²) in [5, 5.41) is 3.83. The lowest BCUT2D eigenvalue weighted by atomic mass is 10.0. The predicted octanol–water partition coefficient (Wildman–Crippen LogP) is 6.26. The number of hydrogen-bond acceptors (Lipinski definition) is 6. The second-order valence-corrected chi connectivity index (χ2v) is 7.90. The van der Waals surface area contributed by atoms with Crippen LogP contribution in [0.15, 0.2) is 66.7 Å². The van der Waals surface area contributed by atoms with Gasteiger partial charge >= 0.3 is 5.97 Å². The summed E-state index contributed by atoms with van der Waals surface area (Å²) >= 11 is 0. The lowest BCUT2D eigenvalue weighted by molar-refractivity contribution is -0.143. The van der Waals surface area contributed by atoms with Gasteiger partial charge in [0.05, 0.1) is 18.7 Å². The minimum atomic E-state index is -0.360. The number of para-hydroxylation sites is 1. The number of carbonyl (C=O) groups is 1. The van der Waals surface area contributed by atoms with E-state index in [1.165, 1.54) is 12.1 Å². The van der Waals surface area contributed by atoms with Crippen LogP contribution in [0.25, 0.3) is 33.4 Å². The van der Waals surface area contributed by atoms with Crippen molar-refractivity contribution >= 4 is 22.7 Å². The van der Waals surface area contributed by atoms with E-state index in [-0.39, 0.29) is 11.8 Å². The number of esters is 1. The molecule has 6 nitrogen and oxygen atoms in total. The molecule has 0 atom stereocenters. The maximum atomic E-state index is 14.0. The summed E-state index contributed by atoms with van der Waals surface area (Å²) in [6.07, 6.45) is 0.874. The van der Waals surface area contributed by atoms with Crippen molar-refractivity contribution in [2.24, 2.45) is 0 Å². The van der Waals surface area contributed by atoms with Crippen LogP contribution in [0, 0.1) is 5.82 Å². The smallest absolute Gasteiger partial charge is 0.305 e. The zero-order chi connectivity index (χ0) is 24.6. The summed E-state index contributed by atoms with van der Waals surface area (Å²) in [4.78, 5) is 21.0. The quantitative estimate of drug-likeness (QED) is 0.217. The molecular weight excluding hydrogens is 445 g/mol. The summed E-state index contributed by atoms with van der Waals surface area (Å²) in [5.41, 5.74) is 3.51.